The Labute approximate surface area is 181 Å². The molecule has 6 nitrogen and oxygen atoms in total. The van der Waals surface area contributed by atoms with Crippen molar-refractivity contribution in [2.24, 2.45) is 11.0 Å². The third-order valence-corrected chi connectivity index (χ3v) is 5.49. The summed E-state index contributed by atoms with van der Waals surface area (Å²) >= 11 is 5.99. The Balaban J connectivity index is 1.67. The van der Waals surface area contributed by atoms with Gasteiger partial charge in [-0.3, -0.25) is 9.59 Å². The smallest absolute Gasteiger partial charge is 0.275 e. The quantitative estimate of drug-likeness (QED) is 0.501. The van der Waals surface area contributed by atoms with Crippen molar-refractivity contribution < 1.29 is 14.3 Å². The van der Waals surface area contributed by atoms with Crippen molar-refractivity contribution >= 4 is 34.8 Å². The molecule has 1 fully saturated rings. The van der Waals surface area contributed by atoms with Crippen molar-refractivity contribution in [2.45, 2.75) is 39.0 Å². The zero-order valence-corrected chi connectivity index (χ0v) is 18.0. The number of carbonyl (C=O) groups excluding carboxylic acids is 2. The van der Waals surface area contributed by atoms with Crippen molar-refractivity contribution in [1.29, 1.82) is 0 Å². The predicted molar refractivity (Wildman–Crippen MR) is 119 cm³/mol. The van der Waals surface area contributed by atoms with Crippen LogP contribution >= 0.6 is 11.6 Å². The molecule has 2 aromatic carbocycles. The van der Waals surface area contributed by atoms with E-state index in [1.54, 1.807) is 19.1 Å². The molecular formula is C23H26ClN3O3. The largest absolute Gasteiger partial charge is 0.496 e. The Kier molecular flexibility index (Phi) is 7.46. The molecule has 0 aliphatic heterocycles. The van der Waals surface area contributed by atoms with Gasteiger partial charge in [0.25, 0.3) is 5.91 Å². The lowest BCUT2D eigenvalue weighted by Crippen LogP contribution is -2.24. The Morgan fingerprint density at radius 2 is 1.87 bits per heavy atom. The van der Waals surface area contributed by atoms with Gasteiger partial charge < -0.3 is 10.1 Å². The molecule has 0 saturated heterocycles. The van der Waals surface area contributed by atoms with Crippen LogP contribution in [0.15, 0.2) is 47.6 Å². The third kappa shape index (κ3) is 5.60. The second-order valence-corrected chi connectivity index (χ2v) is 7.82. The first-order chi connectivity index (χ1) is 14.5. The predicted octanol–water partition coefficient (Wildman–Crippen LogP) is 5.02. The lowest BCUT2D eigenvalue weighted by molar-refractivity contribution is -0.120. The summed E-state index contributed by atoms with van der Waals surface area (Å²) in [5.41, 5.74) is 4.97. The number of nitrogens with zero attached hydrogens (tertiary/aromatic N) is 1. The lowest BCUT2D eigenvalue weighted by atomic mass is 9.88. The minimum Gasteiger partial charge on any atom is -0.496 e. The monoisotopic (exact) mass is 427 g/mol. The first-order valence-corrected chi connectivity index (χ1v) is 10.4. The van der Waals surface area contributed by atoms with Gasteiger partial charge in [0.1, 0.15) is 5.75 Å². The number of amides is 2. The SMILES string of the molecule is COc1ccc(Cl)cc1C(=O)NN=C(C)c1cccc(NC(=O)C2CCCCC2)c1. The topological polar surface area (TPSA) is 79.8 Å². The van der Waals surface area contributed by atoms with Gasteiger partial charge in [-0.15, -0.1) is 0 Å². The van der Waals surface area contributed by atoms with Crippen LogP contribution in [0.5, 0.6) is 5.75 Å². The van der Waals surface area contributed by atoms with Gasteiger partial charge in [-0.1, -0.05) is 43.0 Å². The van der Waals surface area contributed by atoms with E-state index in [1.807, 2.05) is 24.3 Å². The maximum Gasteiger partial charge on any atom is 0.275 e. The maximum absolute atomic E-state index is 12.5. The van der Waals surface area contributed by atoms with Crippen LogP contribution in [-0.2, 0) is 4.79 Å². The van der Waals surface area contributed by atoms with Gasteiger partial charge in [0.05, 0.1) is 18.4 Å². The number of benzene rings is 2. The number of nitrogens with one attached hydrogen (secondary N) is 2. The fraction of sp³-hybridized carbons (Fsp3) is 0.348. The van der Waals surface area contributed by atoms with E-state index >= 15 is 0 Å². The molecule has 2 N–H and O–H groups in total. The number of ether oxygens (including phenoxy) is 1. The molecule has 0 radical (unpaired) electrons. The second kappa shape index (κ2) is 10.3. The molecule has 3 rings (SSSR count). The number of hydrazone groups is 1. The Bertz CT molecular complexity index is 952. The van der Waals surface area contributed by atoms with E-state index < -0.39 is 5.91 Å². The summed E-state index contributed by atoms with van der Waals surface area (Å²) in [6.07, 6.45) is 5.33. The summed E-state index contributed by atoms with van der Waals surface area (Å²) in [5, 5.41) is 7.63. The molecule has 1 aliphatic carbocycles. The van der Waals surface area contributed by atoms with Crippen molar-refractivity contribution in [3.8, 4) is 5.75 Å². The fourth-order valence-corrected chi connectivity index (χ4v) is 3.72. The highest BCUT2D eigenvalue weighted by atomic mass is 35.5. The standard InChI is InChI=1S/C23H26ClN3O3/c1-15(26-27-23(29)20-14-18(24)11-12-21(20)30-2)17-9-6-10-19(13-17)25-22(28)16-7-4-3-5-8-16/h6,9-14,16H,3-5,7-8H2,1-2H3,(H,25,28)(H,27,29). The van der Waals surface area contributed by atoms with Crippen LogP contribution in [0.2, 0.25) is 5.02 Å². The number of anilines is 1. The third-order valence-electron chi connectivity index (χ3n) is 5.26. The van der Waals surface area contributed by atoms with E-state index in [1.165, 1.54) is 19.6 Å². The van der Waals surface area contributed by atoms with Gasteiger partial charge in [0, 0.05) is 16.6 Å². The van der Waals surface area contributed by atoms with E-state index in [-0.39, 0.29) is 11.8 Å². The molecule has 0 heterocycles. The summed E-state index contributed by atoms with van der Waals surface area (Å²) in [6, 6.07) is 12.2. The molecule has 30 heavy (non-hydrogen) atoms. The summed E-state index contributed by atoms with van der Waals surface area (Å²) < 4.78 is 5.21. The first-order valence-electron chi connectivity index (χ1n) is 10.1. The minimum atomic E-state index is -0.421. The summed E-state index contributed by atoms with van der Waals surface area (Å²) in [7, 11) is 1.49. The number of hydrogen-bond donors (Lipinski definition) is 2. The van der Waals surface area contributed by atoms with Gasteiger partial charge >= 0.3 is 0 Å². The molecule has 2 aromatic rings. The zero-order valence-electron chi connectivity index (χ0n) is 17.2. The van der Waals surface area contributed by atoms with E-state index in [9.17, 15) is 9.59 Å². The lowest BCUT2D eigenvalue weighted by Gasteiger charge is -2.20. The molecule has 1 aliphatic rings. The van der Waals surface area contributed by atoms with Crippen molar-refractivity contribution in [2.75, 3.05) is 12.4 Å². The molecule has 0 aromatic heterocycles. The average molecular weight is 428 g/mol. The fourth-order valence-electron chi connectivity index (χ4n) is 3.55. The molecule has 7 heteroatoms. The van der Waals surface area contributed by atoms with Crippen LogP contribution in [0.3, 0.4) is 0 Å². The first kappa shape index (κ1) is 21.8. The Hall–Kier alpha value is -2.86. The molecule has 0 spiro atoms. The molecule has 158 valence electrons. The Morgan fingerprint density at radius 3 is 2.60 bits per heavy atom. The van der Waals surface area contributed by atoms with Gasteiger partial charge in [-0.2, -0.15) is 5.10 Å². The normalized spacial score (nSPS) is 14.8. The average Bonchev–Trinajstić information content (AvgIpc) is 2.78. The summed E-state index contributed by atoms with van der Waals surface area (Å²) in [6.45, 7) is 1.79. The van der Waals surface area contributed by atoms with Gasteiger partial charge in [-0.25, -0.2) is 5.43 Å². The van der Waals surface area contributed by atoms with Crippen molar-refractivity contribution in [3.05, 3.63) is 58.6 Å². The van der Waals surface area contributed by atoms with Crippen molar-refractivity contribution in [1.82, 2.24) is 5.43 Å². The number of rotatable bonds is 6. The highest BCUT2D eigenvalue weighted by Crippen LogP contribution is 2.25. The maximum atomic E-state index is 12.5. The van der Waals surface area contributed by atoms with Crippen LogP contribution in [0.4, 0.5) is 5.69 Å². The molecule has 1 saturated carbocycles. The van der Waals surface area contributed by atoms with E-state index in [2.05, 4.69) is 15.8 Å². The highest BCUT2D eigenvalue weighted by molar-refractivity contribution is 6.31. The molecule has 0 atom stereocenters. The summed E-state index contributed by atoms with van der Waals surface area (Å²) in [4.78, 5) is 25.0. The Morgan fingerprint density at radius 1 is 1.10 bits per heavy atom. The van der Waals surface area contributed by atoms with Crippen LogP contribution in [-0.4, -0.2) is 24.6 Å². The van der Waals surface area contributed by atoms with Crippen LogP contribution < -0.4 is 15.5 Å². The number of carbonyl (C=O) groups is 2. The molecule has 0 bridgehead atoms. The minimum absolute atomic E-state index is 0.0720. The summed E-state index contributed by atoms with van der Waals surface area (Å²) in [5.74, 6) is 0.152. The molecular weight excluding hydrogens is 402 g/mol. The van der Waals surface area contributed by atoms with E-state index in [4.69, 9.17) is 16.3 Å². The number of methoxy groups -OCH3 is 1. The molecule has 2 amide bonds. The number of halogens is 1. The van der Waals surface area contributed by atoms with Gasteiger partial charge in [-0.05, 0) is 55.7 Å². The zero-order chi connectivity index (χ0) is 21.5. The molecule has 0 unspecified atom stereocenters. The van der Waals surface area contributed by atoms with E-state index in [0.717, 1.165) is 36.9 Å². The number of hydrogen-bond acceptors (Lipinski definition) is 4. The van der Waals surface area contributed by atoms with E-state index in [0.29, 0.717) is 22.0 Å². The second-order valence-electron chi connectivity index (χ2n) is 7.39. The van der Waals surface area contributed by atoms with Gasteiger partial charge in [0.15, 0.2) is 0 Å². The van der Waals surface area contributed by atoms with Crippen LogP contribution in [0.25, 0.3) is 0 Å². The van der Waals surface area contributed by atoms with Gasteiger partial charge in [0.2, 0.25) is 5.91 Å². The van der Waals surface area contributed by atoms with Crippen LogP contribution in [0.1, 0.15) is 54.9 Å². The van der Waals surface area contributed by atoms with Crippen molar-refractivity contribution in [3.63, 3.8) is 0 Å². The highest BCUT2D eigenvalue weighted by Gasteiger charge is 2.21. The van der Waals surface area contributed by atoms with Crippen LogP contribution in [0, 0.1) is 5.92 Å².